The van der Waals surface area contributed by atoms with Gasteiger partial charge in [0.05, 0.1) is 7.11 Å². The molecular weight excluding hydrogens is 254 g/mol. The van der Waals surface area contributed by atoms with Crippen LogP contribution >= 0.6 is 0 Å². The molecule has 0 fully saturated rings. The van der Waals surface area contributed by atoms with Crippen LogP contribution in [0, 0.1) is 6.92 Å². The Morgan fingerprint density at radius 2 is 2.00 bits per heavy atom. The molecule has 2 heterocycles. The van der Waals surface area contributed by atoms with Crippen molar-refractivity contribution >= 4 is 11.8 Å². The first kappa shape index (κ1) is 14.0. The topological polar surface area (TPSA) is 72.0 Å². The van der Waals surface area contributed by atoms with E-state index in [1.807, 2.05) is 26.0 Å². The average molecular weight is 273 g/mol. The van der Waals surface area contributed by atoms with Crippen LogP contribution in [0.4, 0.5) is 11.8 Å². The highest BCUT2D eigenvalue weighted by Crippen LogP contribution is 2.14. The van der Waals surface area contributed by atoms with Gasteiger partial charge in [-0.05, 0) is 19.4 Å². The van der Waals surface area contributed by atoms with Gasteiger partial charge in [0.1, 0.15) is 5.82 Å². The minimum atomic E-state index is 0.612. The fourth-order valence-electron chi connectivity index (χ4n) is 1.69. The maximum Gasteiger partial charge on any atom is 0.224 e. The van der Waals surface area contributed by atoms with Gasteiger partial charge in [0.15, 0.2) is 0 Å². The van der Waals surface area contributed by atoms with Crippen molar-refractivity contribution < 1.29 is 4.74 Å². The number of methoxy groups -OCH3 is 1. The van der Waals surface area contributed by atoms with E-state index in [-0.39, 0.29) is 0 Å². The van der Waals surface area contributed by atoms with Gasteiger partial charge in [0, 0.05) is 37.1 Å². The lowest BCUT2D eigenvalue weighted by Crippen LogP contribution is -2.08. The molecule has 106 valence electrons. The molecule has 0 unspecified atom stereocenters. The second-order valence-corrected chi connectivity index (χ2v) is 4.32. The summed E-state index contributed by atoms with van der Waals surface area (Å²) in [6.07, 6.45) is 3.59. The third-order valence-corrected chi connectivity index (χ3v) is 2.77. The highest BCUT2D eigenvalue weighted by Gasteiger charge is 2.03. The van der Waals surface area contributed by atoms with Gasteiger partial charge < -0.3 is 15.4 Å². The molecule has 2 aromatic rings. The first-order valence-corrected chi connectivity index (χ1v) is 6.53. The summed E-state index contributed by atoms with van der Waals surface area (Å²) >= 11 is 0. The van der Waals surface area contributed by atoms with Crippen molar-refractivity contribution in [3.63, 3.8) is 0 Å². The average Bonchev–Trinajstić information content (AvgIpc) is 2.48. The Labute approximate surface area is 118 Å². The molecule has 0 amide bonds. The van der Waals surface area contributed by atoms with Gasteiger partial charge in [-0.15, -0.1) is 0 Å². The lowest BCUT2D eigenvalue weighted by Gasteiger charge is -2.10. The molecule has 0 saturated heterocycles. The minimum Gasteiger partial charge on any atom is -0.481 e. The summed E-state index contributed by atoms with van der Waals surface area (Å²) in [5.41, 5.74) is 2.07. The molecule has 0 aliphatic rings. The molecular formula is C14H19N5O. The van der Waals surface area contributed by atoms with E-state index in [4.69, 9.17) is 4.74 Å². The number of nitrogens with one attached hydrogen (secondary N) is 2. The van der Waals surface area contributed by atoms with Crippen molar-refractivity contribution in [1.29, 1.82) is 0 Å². The van der Waals surface area contributed by atoms with Crippen molar-refractivity contribution in [3.05, 3.63) is 35.7 Å². The van der Waals surface area contributed by atoms with Gasteiger partial charge in [-0.2, -0.15) is 4.98 Å². The zero-order chi connectivity index (χ0) is 14.4. The second kappa shape index (κ2) is 6.70. The van der Waals surface area contributed by atoms with E-state index in [1.165, 1.54) is 0 Å². The van der Waals surface area contributed by atoms with Crippen LogP contribution in [-0.2, 0) is 6.54 Å². The lowest BCUT2D eigenvalue weighted by atomic mass is 10.2. The monoisotopic (exact) mass is 273 g/mol. The van der Waals surface area contributed by atoms with Crippen LogP contribution in [0.3, 0.4) is 0 Å². The first-order valence-electron chi connectivity index (χ1n) is 6.53. The molecule has 0 bridgehead atoms. The van der Waals surface area contributed by atoms with Crippen LogP contribution < -0.4 is 15.4 Å². The summed E-state index contributed by atoms with van der Waals surface area (Å²) in [7, 11) is 1.60. The van der Waals surface area contributed by atoms with E-state index in [1.54, 1.807) is 19.5 Å². The Balaban J connectivity index is 2.03. The number of pyridine rings is 1. The molecule has 0 spiro atoms. The zero-order valence-corrected chi connectivity index (χ0v) is 12.0. The molecule has 0 atom stereocenters. The number of aromatic nitrogens is 3. The third kappa shape index (κ3) is 3.57. The van der Waals surface area contributed by atoms with Gasteiger partial charge >= 0.3 is 0 Å². The molecule has 0 saturated carbocycles. The Morgan fingerprint density at radius 1 is 1.15 bits per heavy atom. The predicted octanol–water partition coefficient (Wildman–Crippen LogP) is 2.23. The van der Waals surface area contributed by atoms with Crippen LogP contribution in [0.1, 0.15) is 18.1 Å². The Bertz CT molecular complexity index is 556. The fraction of sp³-hybridized carbons (Fsp3) is 0.357. The summed E-state index contributed by atoms with van der Waals surface area (Å²) < 4.78 is 5.03. The van der Waals surface area contributed by atoms with E-state index < -0.39 is 0 Å². The molecule has 0 aromatic carbocycles. The van der Waals surface area contributed by atoms with Gasteiger partial charge in [-0.1, -0.05) is 6.07 Å². The number of anilines is 2. The van der Waals surface area contributed by atoms with Crippen LogP contribution in [0.2, 0.25) is 0 Å². The number of hydrogen-bond donors (Lipinski definition) is 2. The van der Waals surface area contributed by atoms with Crippen molar-refractivity contribution in [1.82, 2.24) is 15.0 Å². The maximum atomic E-state index is 5.03. The van der Waals surface area contributed by atoms with Crippen LogP contribution in [0.15, 0.2) is 24.5 Å². The smallest absolute Gasteiger partial charge is 0.224 e. The van der Waals surface area contributed by atoms with Crippen LogP contribution in [0.5, 0.6) is 5.88 Å². The van der Waals surface area contributed by atoms with Gasteiger partial charge in [0.25, 0.3) is 0 Å². The van der Waals surface area contributed by atoms with E-state index in [0.29, 0.717) is 18.4 Å². The summed E-state index contributed by atoms with van der Waals surface area (Å²) in [5.74, 6) is 2.07. The van der Waals surface area contributed by atoms with E-state index >= 15 is 0 Å². The van der Waals surface area contributed by atoms with Gasteiger partial charge in [-0.25, -0.2) is 9.97 Å². The van der Waals surface area contributed by atoms with Gasteiger partial charge in [-0.3, -0.25) is 0 Å². The van der Waals surface area contributed by atoms with E-state index in [9.17, 15) is 0 Å². The van der Waals surface area contributed by atoms with E-state index in [0.717, 1.165) is 23.5 Å². The summed E-state index contributed by atoms with van der Waals surface area (Å²) in [6.45, 7) is 5.44. The number of rotatable bonds is 6. The van der Waals surface area contributed by atoms with Crippen molar-refractivity contribution in [2.24, 2.45) is 0 Å². The molecule has 2 rings (SSSR count). The molecule has 6 heteroatoms. The lowest BCUT2D eigenvalue weighted by molar-refractivity contribution is 0.397. The number of aryl methyl sites for hydroxylation is 1. The maximum absolute atomic E-state index is 5.03. The third-order valence-electron chi connectivity index (χ3n) is 2.77. The van der Waals surface area contributed by atoms with Crippen molar-refractivity contribution in [2.75, 3.05) is 24.3 Å². The molecule has 2 aromatic heterocycles. The Kier molecular flexibility index (Phi) is 4.70. The predicted molar refractivity (Wildman–Crippen MR) is 79.0 cm³/mol. The summed E-state index contributed by atoms with van der Waals surface area (Å²) in [6, 6.07) is 3.81. The zero-order valence-electron chi connectivity index (χ0n) is 12.0. The molecule has 20 heavy (non-hydrogen) atoms. The highest BCUT2D eigenvalue weighted by atomic mass is 16.5. The molecule has 6 nitrogen and oxygen atoms in total. The molecule has 2 N–H and O–H groups in total. The molecule has 0 radical (unpaired) electrons. The molecule has 0 aliphatic carbocycles. The van der Waals surface area contributed by atoms with E-state index in [2.05, 4.69) is 25.6 Å². The second-order valence-electron chi connectivity index (χ2n) is 4.32. The van der Waals surface area contributed by atoms with Crippen molar-refractivity contribution in [2.45, 2.75) is 20.4 Å². The SMILES string of the molecule is CCNc1ncc(C)c(NCc2ccc(OC)nc2)n1. The Morgan fingerprint density at radius 3 is 2.65 bits per heavy atom. The largest absolute Gasteiger partial charge is 0.481 e. The number of hydrogen-bond acceptors (Lipinski definition) is 6. The van der Waals surface area contributed by atoms with Crippen LogP contribution in [-0.4, -0.2) is 28.6 Å². The summed E-state index contributed by atoms with van der Waals surface area (Å²) in [5, 5.41) is 6.39. The number of nitrogens with zero attached hydrogens (tertiary/aromatic N) is 3. The standard InChI is InChI=1S/C14H19N5O/c1-4-15-14-18-7-10(2)13(19-14)17-9-11-5-6-12(20-3)16-8-11/h5-8H,4,9H2,1-3H3,(H2,15,17,18,19). The van der Waals surface area contributed by atoms with Gasteiger partial charge in [0.2, 0.25) is 11.8 Å². The minimum absolute atomic E-state index is 0.612. The highest BCUT2D eigenvalue weighted by molar-refractivity contribution is 5.46. The summed E-state index contributed by atoms with van der Waals surface area (Å²) in [4.78, 5) is 12.8. The Hall–Kier alpha value is -2.37. The number of ether oxygens (including phenoxy) is 1. The van der Waals surface area contributed by atoms with Crippen molar-refractivity contribution in [3.8, 4) is 5.88 Å². The normalized spacial score (nSPS) is 10.2. The molecule has 0 aliphatic heterocycles. The van der Waals surface area contributed by atoms with Crippen LogP contribution in [0.25, 0.3) is 0 Å². The first-order chi connectivity index (χ1) is 9.72. The quantitative estimate of drug-likeness (QED) is 0.841. The fourth-order valence-corrected chi connectivity index (χ4v) is 1.69.